The molecule has 0 bridgehead atoms. The van der Waals surface area contributed by atoms with Crippen LogP contribution in [0.15, 0.2) is 36.4 Å². The van der Waals surface area contributed by atoms with Gasteiger partial charge in [-0.3, -0.25) is 14.8 Å². The van der Waals surface area contributed by atoms with Crippen LogP contribution < -0.4 is 5.48 Å². The summed E-state index contributed by atoms with van der Waals surface area (Å²) in [6, 6.07) is 11.6. The molecule has 148 valence electrons. The second-order valence-corrected chi connectivity index (χ2v) is 8.11. The van der Waals surface area contributed by atoms with Crippen molar-refractivity contribution >= 4 is 11.7 Å². The van der Waals surface area contributed by atoms with E-state index >= 15 is 0 Å². The molecule has 1 unspecified atom stereocenters. The number of ketones is 1. The van der Waals surface area contributed by atoms with E-state index in [1.165, 1.54) is 5.56 Å². The van der Waals surface area contributed by atoms with Crippen LogP contribution >= 0.6 is 0 Å². The summed E-state index contributed by atoms with van der Waals surface area (Å²) in [5.74, 6) is -0.0548. The summed E-state index contributed by atoms with van der Waals surface area (Å²) >= 11 is 0. The molecule has 1 atom stereocenters. The highest BCUT2D eigenvalue weighted by atomic mass is 16.5. The fraction of sp³-hybridized carbons (Fsp3) is 0.391. The van der Waals surface area contributed by atoms with Crippen LogP contribution in [0, 0.1) is 12.8 Å². The lowest BCUT2D eigenvalue weighted by molar-refractivity contribution is 0.0706. The Morgan fingerprint density at radius 1 is 1.11 bits per heavy atom. The molecule has 0 aliphatic heterocycles. The van der Waals surface area contributed by atoms with E-state index in [0.29, 0.717) is 12.0 Å². The molecule has 0 saturated heterocycles. The van der Waals surface area contributed by atoms with Crippen LogP contribution in [0.25, 0.3) is 0 Å². The summed E-state index contributed by atoms with van der Waals surface area (Å²) in [6.07, 6.45) is 3.18. The predicted molar refractivity (Wildman–Crippen MR) is 109 cm³/mol. The number of amides is 1. The molecule has 5 nitrogen and oxygen atoms in total. The zero-order valence-corrected chi connectivity index (χ0v) is 16.8. The second-order valence-electron chi connectivity index (χ2n) is 8.11. The van der Waals surface area contributed by atoms with Crippen molar-refractivity contribution in [1.29, 1.82) is 0 Å². The van der Waals surface area contributed by atoms with Gasteiger partial charge in [-0.25, -0.2) is 5.48 Å². The molecule has 0 heterocycles. The van der Waals surface area contributed by atoms with Gasteiger partial charge >= 0.3 is 0 Å². The van der Waals surface area contributed by atoms with Gasteiger partial charge < -0.3 is 4.90 Å². The number of fused-ring (bicyclic) bond motifs is 1. The number of hydroxylamine groups is 1. The summed E-state index contributed by atoms with van der Waals surface area (Å²) in [7, 11) is 4.04. The first-order chi connectivity index (χ1) is 13.4. The van der Waals surface area contributed by atoms with Gasteiger partial charge in [-0.15, -0.1) is 0 Å². The average Bonchev–Trinajstić information content (AvgIpc) is 2.65. The number of hydrogen-bond acceptors (Lipinski definition) is 4. The van der Waals surface area contributed by atoms with Gasteiger partial charge in [-0.2, -0.15) is 0 Å². The molecular formula is C23H28N2O3. The van der Waals surface area contributed by atoms with Crippen molar-refractivity contribution in [1.82, 2.24) is 10.4 Å². The monoisotopic (exact) mass is 380 g/mol. The van der Waals surface area contributed by atoms with Crippen LogP contribution in [0.5, 0.6) is 0 Å². The highest BCUT2D eigenvalue weighted by Gasteiger charge is 2.23. The number of rotatable bonds is 6. The summed E-state index contributed by atoms with van der Waals surface area (Å²) in [5, 5.41) is 8.84. The maximum absolute atomic E-state index is 12.9. The Labute approximate surface area is 166 Å². The lowest BCUT2D eigenvalue weighted by atomic mass is 9.80. The van der Waals surface area contributed by atoms with Crippen LogP contribution in [-0.2, 0) is 19.4 Å². The predicted octanol–water partition coefficient (Wildman–Crippen LogP) is 3.55. The SMILES string of the molecule is Cc1cc(CN(C)C)cc(C(=O)CC2CCc3ccc(C(=O)NO)cc3C2)c1. The summed E-state index contributed by atoms with van der Waals surface area (Å²) < 4.78 is 0. The molecule has 2 aromatic carbocycles. The summed E-state index contributed by atoms with van der Waals surface area (Å²) in [6.45, 7) is 2.84. The Bertz CT molecular complexity index is 889. The third-order valence-corrected chi connectivity index (χ3v) is 5.33. The highest BCUT2D eigenvalue weighted by molar-refractivity contribution is 5.96. The summed E-state index contributed by atoms with van der Waals surface area (Å²) in [4.78, 5) is 26.7. The van der Waals surface area contributed by atoms with Crippen molar-refractivity contribution in [3.8, 4) is 0 Å². The lowest BCUT2D eigenvalue weighted by Gasteiger charge is -2.24. The van der Waals surface area contributed by atoms with Crippen molar-refractivity contribution in [2.75, 3.05) is 14.1 Å². The minimum atomic E-state index is -0.505. The van der Waals surface area contributed by atoms with Gasteiger partial charge in [0.2, 0.25) is 0 Å². The van der Waals surface area contributed by atoms with Gasteiger partial charge in [0, 0.05) is 24.1 Å². The van der Waals surface area contributed by atoms with E-state index in [0.717, 1.165) is 48.1 Å². The number of carbonyl (C=O) groups is 2. The molecule has 0 aromatic heterocycles. The Morgan fingerprint density at radius 2 is 1.89 bits per heavy atom. The number of benzene rings is 2. The average molecular weight is 380 g/mol. The number of nitrogens with one attached hydrogen (secondary N) is 1. The first kappa shape index (κ1) is 20.2. The number of nitrogens with zero attached hydrogens (tertiary/aromatic N) is 1. The molecule has 0 radical (unpaired) electrons. The molecule has 2 N–H and O–H groups in total. The molecule has 2 aromatic rings. The van der Waals surface area contributed by atoms with Gasteiger partial charge in [-0.05, 0) is 87.2 Å². The molecule has 0 spiro atoms. The van der Waals surface area contributed by atoms with Gasteiger partial charge in [0.25, 0.3) is 5.91 Å². The minimum Gasteiger partial charge on any atom is -0.305 e. The van der Waals surface area contributed by atoms with Crippen LogP contribution in [0.4, 0.5) is 0 Å². The highest BCUT2D eigenvalue weighted by Crippen LogP contribution is 2.29. The van der Waals surface area contributed by atoms with E-state index in [-0.39, 0.29) is 11.7 Å². The Kier molecular flexibility index (Phi) is 6.27. The minimum absolute atomic E-state index is 0.182. The molecule has 1 amide bonds. The third kappa shape index (κ3) is 4.86. The number of hydrogen-bond donors (Lipinski definition) is 2. The van der Waals surface area contributed by atoms with Gasteiger partial charge in [0.05, 0.1) is 0 Å². The normalized spacial score (nSPS) is 16.0. The smallest absolute Gasteiger partial charge is 0.274 e. The van der Waals surface area contributed by atoms with Crippen molar-refractivity contribution in [3.05, 3.63) is 69.8 Å². The molecule has 1 aliphatic rings. The number of Topliss-reactive ketones (excluding diaryl/α,β-unsaturated/α-hetero) is 1. The third-order valence-electron chi connectivity index (χ3n) is 5.33. The summed E-state index contributed by atoms with van der Waals surface area (Å²) in [5.41, 5.74) is 7.50. The molecule has 3 rings (SSSR count). The van der Waals surface area contributed by atoms with Crippen LogP contribution in [0.1, 0.15) is 55.8 Å². The molecular weight excluding hydrogens is 352 g/mol. The van der Waals surface area contributed by atoms with Crippen LogP contribution in [0.2, 0.25) is 0 Å². The Morgan fingerprint density at radius 3 is 2.61 bits per heavy atom. The quantitative estimate of drug-likeness (QED) is 0.457. The van der Waals surface area contributed by atoms with E-state index in [1.54, 1.807) is 11.5 Å². The van der Waals surface area contributed by atoms with E-state index < -0.39 is 5.91 Å². The lowest BCUT2D eigenvalue weighted by Crippen LogP contribution is -2.21. The molecule has 28 heavy (non-hydrogen) atoms. The van der Waals surface area contributed by atoms with Crippen molar-refractivity contribution in [2.45, 2.75) is 39.2 Å². The van der Waals surface area contributed by atoms with Crippen molar-refractivity contribution < 1.29 is 14.8 Å². The Balaban J connectivity index is 1.72. The Hall–Kier alpha value is -2.50. The molecule has 0 saturated carbocycles. The van der Waals surface area contributed by atoms with E-state index in [4.69, 9.17) is 5.21 Å². The topological polar surface area (TPSA) is 69.6 Å². The van der Waals surface area contributed by atoms with Crippen LogP contribution in [0.3, 0.4) is 0 Å². The first-order valence-electron chi connectivity index (χ1n) is 9.70. The van der Waals surface area contributed by atoms with Gasteiger partial charge in [0.15, 0.2) is 5.78 Å². The van der Waals surface area contributed by atoms with Crippen molar-refractivity contribution in [3.63, 3.8) is 0 Å². The fourth-order valence-electron chi connectivity index (χ4n) is 4.07. The van der Waals surface area contributed by atoms with Crippen LogP contribution in [-0.4, -0.2) is 35.9 Å². The maximum atomic E-state index is 12.9. The van der Waals surface area contributed by atoms with E-state index in [2.05, 4.69) is 11.0 Å². The number of carbonyl (C=O) groups excluding carboxylic acids is 2. The largest absolute Gasteiger partial charge is 0.305 e. The van der Waals surface area contributed by atoms with E-state index in [9.17, 15) is 9.59 Å². The zero-order chi connectivity index (χ0) is 20.3. The van der Waals surface area contributed by atoms with Gasteiger partial charge in [0.1, 0.15) is 0 Å². The zero-order valence-electron chi connectivity index (χ0n) is 16.8. The second kappa shape index (κ2) is 8.67. The fourth-order valence-corrected chi connectivity index (χ4v) is 4.07. The number of aryl methyl sites for hydroxylation is 2. The van der Waals surface area contributed by atoms with E-state index in [1.807, 2.05) is 45.3 Å². The molecule has 5 heteroatoms. The molecule has 1 aliphatic carbocycles. The maximum Gasteiger partial charge on any atom is 0.274 e. The van der Waals surface area contributed by atoms with Gasteiger partial charge in [-0.1, -0.05) is 17.7 Å². The first-order valence-corrected chi connectivity index (χ1v) is 9.70. The molecule has 0 fully saturated rings. The standard InChI is InChI=1S/C23H28N2O3/c1-15-8-17(14-25(2)3)11-21(9-15)22(26)12-16-4-5-18-6-7-19(23(27)24-28)13-20(18)10-16/h6-9,11,13,16,28H,4-5,10,12,14H2,1-3H3,(H,24,27). The van der Waals surface area contributed by atoms with Crippen molar-refractivity contribution in [2.24, 2.45) is 5.92 Å².